The van der Waals surface area contributed by atoms with E-state index >= 15 is 0 Å². The Balaban J connectivity index is 1.47. The Hall–Kier alpha value is -3.10. The van der Waals surface area contributed by atoms with Crippen LogP contribution in [0.2, 0.25) is 0 Å². The summed E-state index contributed by atoms with van der Waals surface area (Å²) in [5, 5.41) is 9.88. The standard InChI is InChI=1S/C26H30N2O3/c1-3-4-16-31-26-20(2)25(28-24-10-6-5-9-23(24)26)19-29-15-7-8-17-30-22-13-11-21(18-27)12-14-22/h5-6,9-14H,3-4,7-8,15-17,19H2,1-2H3. The highest BCUT2D eigenvalue weighted by Gasteiger charge is 2.13. The maximum atomic E-state index is 8.82. The molecule has 3 aromatic rings. The third kappa shape index (κ3) is 6.44. The molecule has 0 aliphatic heterocycles. The lowest BCUT2D eigenvalue weighted by Crippen LogP contribution is -2.06. The fourth-order valence-electron chi connectivity index (χ4n) is 3.26. The lowest BCUT2D eigenvalue weighted by molar-refractivity contribution is 0.111. The minimum absolute atomic E-state index is 0.470. The van der Waals surface area contributed by atoms with Crippen LogP contribution in [0.3, 0.4) is 0 Å². The van der Waals surface area contributed by atoms with E-state index in [1.807, 2.05) is 30.3 Å². The van der Waals surface area contributed by atoms with Crippen LogP contribution in [0.4, 0.5) is 0 Å². The molecule has 5 heteroatoms. The number of unbranched alkanes of at least 4 members (excludes halogenated alkanes) is 2. The number of para-hydroxylation sites is 1. The molecule has 3 rings (SSSR count). The Morgan fingerprint density at radius 2 is 1.65 bits per heavy atom. The Labute approximate surface area is 184 Å². The summed E-state index contributed by atoms with van der Waals surface area (Å²) >= 11 is 0. The van der Waals surface area contributed by atoms with Crippen LogP contribution in [0.5, 0.6) is 11.5 Å². The van der Waals surface area contributed by atoms with E-state index in [0.717, 1.165) is 59.3 Å². The van der Waals surface area contributed by atoms with Crippen molar-refractivity contribution in [2.45, 2.75) is 46.1 Å². The summed E-state index contributed by atoms with van der Waals surface area (Å²) in [5.41, 5.74) is 3.56. The number of nitrogens with zero attached hydrogens (tertiary/aromatic N) is 2. The molecule has 2 aromatic carbocycles. The van der Waals surface area contributed by atoms with E-state index in [0.29, 0.717) is 32.0 Å². The Kier molecular flexibility index (Phi) is 8.69. The predicted octanol–water partition coefficient (Wildman–Crippen LogP) is 5.97. The highest BCUT2D eigenvalue weighted by Crippen LogP contribution is 2.31. The van der Waals surface area contributed by atoms with Crippen LogP contribution >= 0.6 is 0 Å². The summed E-state index contributed by atoms with van der Waals surface area (Å²) in [5.74, 6) is 1.71. The van der Waals surface area contributed by atoms with Crippen molar-refractivity contribution < 1.29 is 14.2 Å². The molecule has 1 heterocycles. The van der Waals surface area contributed by atoms with Crippen molar-refractivity contribution in [3.05, 3.63) is 65.4 Å². The van der Waals surface area contributed by atoms with E-state index in [4.69, 9.17) is 24.5 Å². The van der Waals surface area contributed by atoms with Gasteiger partial charge in [-0.05, 0) is 62.6 Å². The lowest BCUT2D eigenvalue weighted by Gasteiger charge is -2.15. The average molecular weight is 419 g/mol. The van der Waals surface area contributed by atoms with Crippen LogP contribution < -0.4 is 9.47 Å². The first-order chi connectivity index (χ1) is 15.2. The van der Waals surface area contributed by atoms with Crippen molar-refractivity contribution >= 4 is 10.9 Å². The fourth-order valence-corrected chi connectivity index (χ4v) is 3.26. The van der Waals surface area contributed by atoms with Crippen molar-refractivity contribution in [1.29, 1.82) is 5.26 Å². The highest BCUT2D eigenvalue weighted by molar-refractivity contribution is 5.86. The Morgan fingerprint density at radius 1 is 0.903 bits per heavy atom. The van der Waals surface area contributed by atoms with E-state index in [-0.39, 0.29) is 0 Å². The monoisotopic (exact) mass is 418 g/mol. The van der Waals surface area contributed by atoms with Crippen LogP contribution in [0.15, 0.2) is 48.5 Å². The molecule has 0 aliphatic rings. The topological polar surface area (TPSA) is 64.4 Å². The molecule has 0 radical (unpaired) electrons. The molecule has 0 fully saturated rings. The molecule has 0 amide bonds. The van der Waals surface area contributed by atoms with E-state index in [1.54, 1.807) is 12.1 Å². The smallest absolute Gasteiger partial charge is 0.133 e. The molecule has 1 aromatic heterocycles. The third-order valence-corrected chi connectivity index (χ3v) is 5.10. The number of hydrogen-bond acceptors (Lipinski definition) is 5. The number of nitriles is 1. The first-order valence-electron chi connectivity index (χ1n) is 10.9. The normalized spacial score (nSPS) is 10.7. The summed E-state index contributed by atoms with van der Waals surface area (Å²) in [6.45, 7) is 6.68. The first kappa shape index (κ1) is 22.6. The fraction of sp³-hybridized carbons (Fsp3) is 0.385. The summed E-state index contributed by atoms with van der Waals surface area (Å²) < 4.78 is 17.7. The zero-order valence-electron chi connectivity index (χ0n) is 18.4. The quantitative estimate of drug-likeness (QED) is 0.339. The number of ether oxygens (including phenoxy) is 3. The second kappa shape index (κ2) is 11.9. The van der Waals surface area contributed by atoms with E-state index in [9.17, 15) is 0 Å². The van der Waals surface area contributed by atoms with Gasteiger partial charge in [0.1, 0.15) is 11.5 Å². The van der Waals surface area contributed by atoms with Crippen molar-refractivity contribution in [3.63, 3.8) is 0 Å². The summed E-state index contributed by atoms with van der Waals surface area (Å²) in [6.07, 6.45) is 3.94. The summed E-state index contributed by atoms with van der Waals surface area (Å²) in [4.78, 5) is 4.80. The zero-order valence-corrected chi connectivity index (χ0v) is 18.4. The van der Waals surface area contributed by atoms with E-state index in [1.165, 1.54) is 0 Å². The number of aromatic nitrogens is 1. The second-order valence-electron chi connectivity index (χ2n) is 7.48. The van der Waals surface area contributed by atoms with Gasteiger partial charge in [-0.25, -0.2) is 4.98 Å². The van der Waals surface area contributed by atoms with Crippen LogP contribution in [0, 0.1) is 18.3 Å². The molecule has 0 aliphatic carbocycles. The maximum Gasteiger partial charge on any atom is 0.133 e. The number of rotatable bonds is 12. The second-order valence-corrected chi connectivity index (χ2v) is 7.48. The molecule has 0 atom stereocenters. The van der Waals surface area contributed by atoms with Gasteiger partial charge >= 0.3 is 0 Å². The minimum atomic E-state index is 0.470. The lowest BCUT2D eigenvalue weighted by atomic mass is 10.1. The van der Waals surface area contributed by atoms with Gasteiger partial charge in [-0.3, -0.25) is 0 Å². The van der Waals surface area contributed by atoms with Crippen molar-refractivity contribution in [2.24, 2.45) is 0 Å². The summed E-state index contributed by atoms with van der Waals surface area (Å²) in [6, 6.07) is 17.4. The third-order valence-electron chi connectivity index (χ3n) is 5.10. The molecule has 0 spiro atoms. The first-order valence-corrected chi connectivity index (χ1v) is 10.9. The molecule has 0 bridgehead atoms. The van der Waals surface area contributed by atoms with Gasteiger partial charge in [-0.15, -0.1) is 0 Å². The summed E-state index contributed by atoms with van der Waals surface area (Å²) in [7, 11) is 0. The predicted molar refractivity (Wildman–Crippen MR) is 122 cm³/mol. The Morgan fingerprint density at radius 3 is 2.42 bits per heavy atom. The Bertz CT molecular complexity index is 1010. The van der Waals surface area contributed by atoms with E-state index < -0.39 is 0 Å². The molecule has 0 N–H and O–H groups in total. The maximum absolute atomic E-state index is 8.82. The average Bonchev–Trinajstić information content (AvgIpc) is 2.80. The van der Waals surface area contributed by atoms with Gasteiger partial charge in [-0.2, -0.15) is 5.26 Å². The highest BCUT2D eigenvalue weighted by atomic mass is 16.5. The molecule has 0 saturated carbocycles. The van der Waals surface area contributed by atoms with Crippen LogP contribution in [-0.2, 0) is 11.3 Å². The largest absolute Gasteiger partial charge is 0.494 e. The zero-order chi connectivity index (χ0) is 21.9. The van der Waals surface area contributed by atoms with Crippen molar-refractivity contribution in [2.75, 3.05) is 19.8 Å². The van der Waals surface area contributed by atoms with Gasteiger partial charge in [0.2, 0.25) is 0 Å². The van der Waals surface area contributed by atoms with Crippen molar-refractivity contribution in [3.8, 4) is 17.6 Å². The SMILES string of the molecule is CCCCOc1c(C)c(COCCCCOc2ccc(C#N)cc2)nc2ccccc12. The van der Waals surface area contributed by atoms with Gasteiger partial charge in [-0.1, -0.05) is 25.5 Å². The molecule has 0 unspecified atom stereocenters. The van der Waals surface area contributed by atoms with Gasteiger partial charge in [0.25, 0.3) is 0 Å². The van der Waals surface area contributed by atoms with Crippen LogP contribution in [0.1, 0.15) is 49.4 Å². The number of fused-ring (bicyclic) bond motifs is 1. The number of benzene rings is 2. The number of pyridine rings is 1. The molecular weight excluding hydrogens is 388 g/mol. The van der Waals surface area contributed by atoms with Gasteiger partial charge < -0.3 is 14.2 Å². The molecular formula is C26H30N2O3. The molecule has 5 nitrogen and oxygen atoms in total. The van der Waals surface area contributed by atoms with Gasteiger partial charge in [0.05, 0.1) is 42.7 Å². The van der Waals surface area contributed by atoms with Gasteiger partial charge in [0, 0.05) is 17.6 Å². The molecule has 0 saturated heterocycles. The van der Waals surface area contributed by atoms with Crippen molar-refractivity contribution in [1.82, 2.24) is 4.98 Å². The van der Waals surface area contributed by atoms with E-state index in [2.05, 4.69) is 26.0 Å². The minimum Gasteiger partial charge on any atom is -0.494 e. The number of hydrogen-bond donors (Lipinski definition) is 0. The molecule has 162 valence electrons. The van der Waals surface area contributed by atoms with Crippen LogP contribution in [0.25, 0.3) is 10.9 Å². The molecule has 31 heavy (non-hydrogen) atoms. The van der Waals surface area contributed by atoms with Crippen LogP contribution in [-0.4, -0.2) is 24.8 Å². The van der Waals surface area contributed by atoms with Gasteiger partial charge in [0.15, 0.2) is 0 Å².